The molecule has 0 radical (unpaired) electrons. The normalized spacial score (nSPS) is 13.5. The van der Waals surface area contributed by atoms with Crippen molar-refractivity contribution in [1.82, 2.24) is 0 Å². The summed E-state index contributed by atoms with van der Waals surface area (Å²) >= 11 is 0. The Morgan fingerprint density at radius 1 is 0.400 bits per heavy atom. The Balaban J connectivity index is 4.65. The van der Waals surface area contributed by atoms with Crippen molar-refractivity contribution < 1.29 is 52.2 Å². The number of phosphoric acid groups is 1. The molecule has 0 aliphatic carbocycles. The molecule has 2 N–H and O–H groups in total. The van der Waals surface area contributed by atoms with Crippen LogP contribution in [0.15, 0.2) is 24.3 Å². The average Bonchev–Trinajstić information content (AvgIpc) is 3.35. The molecular weight excluding hydrogens is 904 g/mol. The van der Waals surface area contributed by atoms with Gasteiger partial charge in [-0.05, 0) is 51.4 Å². The lowest BCUT2D eigenvalue weighted by Gasteiger charge is -2.21. The fourth-order valence-electron chi connectivity index (χ4n) is 8.39. The first-order valence-electron chi connectivity index (χ1n) is 29.2. The Morgan fingerprint density at radius 3 is 1.09 bits per heavy atom. The highest BCUT2D eigenvalue weighted by atomic mass is 31.2. The molecule has 3 unspecified atom stereocenters. The van der Waals surface area contributed by atoms with Crippen LogP contribution in [-0.4, -0.2) is 66.5 Å². The summed E-state index contributed by atoms with van der Waals surface area (Å²) in [5, 5.41) is 9.80. The Bertz CT molecular complexity index is 1270. The minimum atomic E-state index is -4.74. The molecule has 0 aromatic heterocycles. The number of carbonyl (C=O) groups excluding carboxylic acids is 3. The number of phosphoric ester groups is 1. The summed E-state index contributed by atoms with van der Waals surface area (Å²) in [6.07, 6.45) is 52.7. The maximum Gasteiger partial charge on any atom is 0.472 e. The van der Waals surface area contributed by atoms with E-state index < -0.39 is 57.8 Å². The van der Waals surface area contributed by atoms with Gasteiger partial charge in [-0.1, -0.05) is 244 Å². The van der Waals surface area contributed by atoms with E-state index in [9.17, 15) is 28.9 Å². The number of esters is 3. The van der Waals surface area contributed by atoms with Crippen LogP contribution in [0.25, 0.3) is 0 Å². The first kappa shape index (κ1) is 68.0. The molecule has 412 valence electrons. The highest BCUT2D eigenvalue weighted by Crippen LogP contribution is 2.43. The second kappa shape index (κ2) is 53.3. The second-order valence-electron chi connectivity index (χ2n) is 19.8. The van der Waals surface area contributed by atoms with Gasteiger partial charge < -0.3 is 24.2 Å². The van der Waals surface area contributed by atoms with Gasteiger partial charge in [0.15, 0.2) is 6.10 Å². The summed E-state index contributed by atoms with van der Waals surface area (Å²) in [5.41, 5.74) is 0. The van der Waals surface area contributed by atoms with E-state index in [4.69, 9.17) is 23.3 Å². The summed E-state index contributed by atoms with van der Waals surface area (Å²) < 4.78 is 39.5. The second-order valence-corrected chi connectivity index (χ2v) is 21.3. The van der Waals surface area contributed by atoms with Gasteiger partial charge in [-0.2, -0.15) is 0 Å². The van der Waals surface area contributed by atoms with Gasteiger partial charge in [-0.3, -0.25) is 23.4 Å². The lowest BCUT2D eigenvalue weighted by Crippen LogP contribution is -2.30. The van der Waals surface area contributed by atoms with Crippen LogP contribution in [0.5, 0.6) is 0 Å². The molecule has 0 aliphatic rings. The molecule has 0 aromatic rings. The van der Waals surface area contributed by atoms with Crippen molar-refractivity contribution in [3.63, 3.8) is 0 Å². The van der Waals surface area contributed by atoms with E-state index in [2.05, 4.69) is 45.1 Å². The fourth-order valence-corrected chi connectivity index (χ4v) is 9.17. The smallest absolute Gasteiger partial charge is 0.462 e. The standard InChI is InChI=1S/C58H109O11P/c1-4-7-10-13-16-19-22-24-25-26-27-28-29-31-34-37-40-43-46-49-58(62)69-55(51-65-56(60)47-44-41-38-35-32-21-18-15-12-9-6-3)53-67-70(63,64)66-52-54(50-59)68-57(61)48-45-42-39-36-33-30-23-20-17-14-11-8-5-2/h16,19,24-25,54-55,59H,4-15,17-18,20-23,26-53H2,1-3H3,(H,63,64)/b19-16-,25-24-. The van der Waals surface area contributed by atoms with Crippen LogP contribution in [0.4, 0.5) is 0 Å². The van der Waals surface area contributed by atoms with Crippen LogP contribution in [0.2, 0.25) is 0 Å². The van der Waals surface area contributed by atoms with Gasteiger partial charge in [-0.25, -0.2) is 4.57 Å². The molecule has 11 nitrogen and oxygen atoms in total. The van der Waals surface area contributed by atoms with Crippen molar-refractivity contribution in [2.24, 2.45) is 0 Å². The van der Waals surface area contributed by atoms with E-state index in [1.807, 2.05) is 0 Å². The molecule has 0 saturated heterocycles. The summed E-state index contributed by atoms with van der Waals surface area (Å²) in [6.45, 7) is 4.65. The fraction of sp³-hybridized carbons (Fsp3) is 0.879. The predicted octanol–water partition coefficient (Wildman–Crippen LogP) is 17.0. The molecule has 3 atom stereocenters. The summed E-state index contributed by atoms with van der Waals surface area (Å²) in [5.74, 6) is -1.44. The summed E-state index contributed by atoms with van der Waals surface area (Å²) in [4.78, 5) is 48.5. The first-order chi connectivity index (χ1) is 34.2. The van der Waals surface area contributed by atoms with Crippen LogP contribution in [0.1, 0.15) is 290 Å². The molecule has 0 spiro atoms. The van der Waals surface area contributed by atoms with Crippen LogP contribution in [0, 0.1) is 0 Å². The zero-order valence-electron chi connectivity index (χ0n) is 45.5. The van der Waals surface area contributed by atoms with Crippen LogP contribution in [-0.2, 0) is 42.2 Å². The number of hydrogen-bond donors (Lipinski definition) is 2. The number of rotatable bonds is 55. The first-order valence-corrected chi connectivity index (χ1v) is 30.7. The highest BCUT2D eigenvalue weighted by Gasteiger charge is 2.28. The Hall–Kier alpha value is -2.04. The molecule has 0 aromatic carbocycles. The van der Waals surface area contributed by atoms with Crippen molar-refractivity contribution >= 4 is 25.7 Å². The quantitative estimate of drug-likeness (QED) is 0.0197. The zero-order valence-corrected chi connectivity index (χ0v) is 46.4. The molecule has 0 aliphatic heterocycles. The van der Waals surface area contributed by atoms with Crippen molar-refractivity contribution in [3.8, 4) is 0 Å². The predicted molar refractivity (Wildman–Crippen MR) is 289 cm³/mol. The van der Waals surface area contributed by atoms with Gasteiger partial charge >= 0.3 is 25.7 Å². The minimum absolute atomic E-state index is 0.168. The molecule has 0 saturated carbocycles. The van der Waals surface area contributed by atoms with Crippen molar-refractivity contribution in [3.05, 3.63) is 24.3 Å². The zero-order chi connectivity index (χ0) is 51.3. The maximum absolute atomic E-state index is 12.9. The number of aliphatic hydroxyl groups excluding tert-OH is 1. The molecular formula is C58H109O11P. The third-order valence-corrected chi connectivity index (χ3v) is 13.8. The van der Waals surface area contributed by atoms with Crippen LogP contribution >= 0.6 is 7.82 Å². The van der Waals surface area contributed by atoms with Crippen LogP contribution in [0.3, 0.4) is 0 Å². The highest BCUT2D eigenvalue weighted by molar-refractivity contribution is 7.47. The molecule has 0 bridgehead atoms. The topological polar surface area (TPSA) is 155 Å². The largest absolute Gasteiger partial charge is 0.472 e. The molecule has 12 heteroatoms. The van der Waals surface area contributed by atoms with Gasteiger partial charge in [0.05, 0.1) is 19.8 Å². The molecule has 0 rings (SSSR count). The number of allylic oxidation sites excluding steroid dienone is 4. The Morgan fingerprint density at radius 2 is 0.700 bits per heavy atom. The van der Waals surface area contributed by atoms with Crippen molar-refractivity contribution in [2.75, 3.05) is 26.4 Å². The number of aliphatic hydroxyl groups is 1. The van der Waals surface area contributed by atoms with E-state index in [0.29, 0.717) is 19.3 Å². The maximum atomic E-state index is 12.9. The van der Waals surface area contributed by atoms with Gasteiger partial charge in [0.2, 0.25) is 0 Å². The van der Waals surface area contributed by atoms with Crippen LogP contribution < -0.4 is 0 Å². The van der Waals surface area contributed by atoms with Crippen molar-refractivity contribution in [2.45, 2.75) is 303 Å². The summed E-state index contributed by atoms with van der Waals surface area (Å²) in [7, 11) is -4.74. The SMILES string of the molecule is CCCCC/C=C\C/C=C\CCCCCCCCCCCC(=O)OC(COC(=O)CCCCCCCCCCCCC)COP(=O)(O)OCC(CO)OC(=O)CCCCCCCCCCCCCCC. The van der Waals surface area contributed by atoms with Gasteiger partial charge in [0, 0.05) is 19.3 Å². The van der Waals surface area contributed by atoms with Gasteiger partial charge in [0.1, 0.15) is 12.7 Å². The number of hydrogen-bond acceptors (Lipinski definition) is 10. The molecule has 70 heavy (non-hydrogen) atoms. The molecule has 0 fully saturated rings. The van der Waals surface area contributed by atoms with E-state index in [1.165, 1.54) is 161 Å². The van der Waals surface area contributed by atoms with E-state index in [-0.39, 0.29) is 25.9 Å². The lowest BCUT2D eigenvalue weighted by atomic mass is 10.0. The van der Waals surface area contributed by atoms with Gasteiger partial charge in [0.25, 0.3) is 0 Å². The van der Waals surface area contributed by atoms with Gasteiger partial charge in [-0.15, -0.1) is 0 Å². The average molecular weight is 1010 g/mol. The number of ether oxygens (including phenoxy) is 3. The molecule has 0 amide bonds. The van der Waals surface area contributed by atoms with Crippen molar-refractivity contribution in [1.29, 1.82) is 0 Å². The Kier molecular flexibility index (Phi) is 51.7. The third kappa shape index (κ3) is 50.9. The van der Waals surface area contributed by atoms with E-state index in [1.54, 1.807) is 0 Å². The van der Waals surface area contributed by atoms with E-state index in [0.717, 1.165) is 70.6 Å². The lowest BCUT2D eigenvalue weighted by molar-refractivity contribution is -0.161. The third-order valence-electron chi connectivity index (χ3n) is 12.9. The number of unbranched alkanes of at least 4 members (excludes halogenated alkanes) is 34. The minimum Gasteiger partial charge on any atom is -0.462 e. The Labute approximate surface area is 429 Å². The number of carbonyl (C=O) groups is 3. The monoisotopic (exact) mass is 1010 g/mol. The summed E-state index contributed by atoms with van der Waals surface area (Å²) in [6, 6.07) is 0. The molecule has 0 heterocycles. The van der Waals surface area contributed by atoms with E-state index >= 15 is 0 Å².